The molecule has 2 aliphatic rings. The Morgan fingerprint density at radius 2 is 2.22 bits per heavy atom. The van der Waals surface area contributed by atoms with E-state index in [0.29, 0.717) is 11.9 Å². The van der Waals surface area contributed by atoms with Crippen molar-refractivity contribution < 1.29 is 4.74 Å². The molecule has 4 unspecified atom stereocenters. The third kappa shape index (κ3) is 2.09. The first-order chi connectivity index (χ1) is 8.76. The van der Waals surface area contributed by atoms with Gasteiger partial charge < -0.3 is 10.1 Å². The zero-order valence-corrected chi connectivity index (χ0v) is 11.0. The van der Waals surface area contributed by atoms with Crippen LogP contribution in [0.25, 0.3) is 0 Å². The van der Waals surface area contributed by atoms with Crippen LogP contribution in [0.15, 0.2) is 30.5 Å². The maximum absolute atomic E-state index is 5.07. The van der Waals surface area contributed by atoms with Crippen molar-refractivity contribution in [3.05, 3.63) is 30.5 Å². The number of methoxy groups -OCH3 is 1. The molecule has 4 atom stereocenters. The fraction of sp³-hybridized carbons (Fsp3) is 0.533. The molecular formula is C15H20N2O. The molecule has 1 aromatic rings. The van der Waals surface area contributed by atoms with Gasteiger partial charge in [-0.2, -0.15) is 0 Å². The summed E-state index contributed by atoms with van der Waals surface area (Å²) in [6, 6.07) is 4.43. The van der Waals surface area contributed by atoms with Gasteiger partial charge in [-0.1, -0.05) is 12.2 Å². The van der Waals surface area contributed by atoms with Crippen molar-refractivity contribution in [3.8, 4) is 5.88 Å². The topological polar surface area (TPSA) is 34.1 Å². The van der Waals surface area contributed by atoms with Gasteiger partial charge in [0.2, 0.25) is 5.88 Å². The molecule has 0 radical (unpaired) electrons. The molecule has 3 rings (SSSR count). The van der Waals surface area contributed by atoms with E-state index in [1.54, 1.807) is 7.11 Å². The van der Waals surface area contributed by atoms with E-state index in [9.17, 15) is 0 Å². The van der Waals surface area contributed by atoms with Crippen molar-refractivity contribution in [3.63, 3.8) is 0 Å². The molecule has 0 spiro atoms. The lowest BCUT2D eigenvalue weighted by molar-refractivity contribution is 0.395. The third-order valence-corrected chi connectivity index (χ3v) is 4.31. The number of rotatable bonds is 4. The first kappa shape index (κ1) is 11.6. The number of aromatic nitrogens is 1. The summed E-state index contributed by atoms with van der Waals surface area (Å²) < 4.78 is 5.07. The minimum absolute atomic E-state index is 0.500. The number of ether oxygens (including phenoxy) is 1. The van der Waals surface area contributed by atoms with E-state index < -0.39 is 0 Å². The van der Waals surface area contributed by atoms with Crippen molar-refractivity contribution in [2.45, 2.75) is 25.8 Å². The van der Waals surface area contributed by atoms with Crippen LogP contribution in [0, 0.1) is 17.8 Å². The summed E-state index contributed by atoms with van der Waals surface area (Å²) in [6.07, 6.45) is 9.33. The van der Waals surface area contributed by atoms with Crippen molar-refractivity contribution in [2.24, 2.45) is 17.8 Å². The Morgan fingerprint density at radius 1 is 1.33 bits per heavy atom. The Bertz CT molecular complexity index is 440. The van der Waals surface area contributed by atoms with Gasteiger partial charge in [-0.05, 0) is 43.6 Å². The predicted octanol–water partition coefficient (Wildman–Crippen LogP) is 3.10. The minimum Gasteiger partial charge on any atom is -0.481 e. The van der Waals surface area contributed by atoms with E-state index in [0.717, 1.165) is 23.4 Å². The molecule has 1 saturated carbocycles. The molecule has 3 nitrogen and oxygen atoms in total. The molecule has 2 bridgehead atoms. The summed E-state index contributed by atoms with van der Waals surface area (Å²) in [4.78, 5) is 4.23. The monoisotopic (exact) mass is 244 g/mol. The molecule has 2 aliphatic carbocycles. The van der Waals surface area contributed by atoms with Crippen LogP contribution in [0.3, 0.4) is 0 Å². The number of allylic oxidation sites excluding steroid dienone is 2. The zero-order valence-electron chi connectivity index (χ0n) is 11.0. The first-order valence-electron chi connectivity index (χ1n) is 6.71. The van der Waals surface area contributed by atoms with Crippen molar-refractivity contribution in [2.75, 3.05) is 12.4 Å². The number of nitrogens with zero attached hydrogens (tertiary/aromatic N) is 1. The molecule has 18 heavy (non-hydrogen) atoms. The summed E-state index contributed by atoms with van der Waals surface area (Å²) >= 11 is 0. The predicted molar refractivity (Wildman–Crippen MR) is 72.7 cm³/mol. The molecule has 3 heteroatoms. The second kappa shape index (κ2) is 4.63. The molecule has 0 amide bonds. The molecule has 1 heterocycles. The van der Waals surface area contributed by atoms with Gasteiger partial charge in [-0.25, -0.2) is 4.98 Å². The van der Waals surface area contributed by atoms with Crippen molar-refractivity contribution in [1.29, 1.82) is 0 Å². The average Bonchev–Trinajstić information content (AvgIpc) is 3.02. The van der Waals surface area contributed by atoms with Crippen LogP contribution in [0.2, 0.25) is 0 Å². The third-order valence-electron chi connectivity index (χ3n) is 4.31. The molecular weight excluding hydrogens is 224 g/mol. The maximum Gasteiger partial charge on any atom is 0.213 e. The van der Waals surface area contributed by atoms with E-state index in [2.05, 4.69) is 29.4 Å². The molecule has 0 aliphatic heterocycles. The van der Waals surface area contributed by atoms with E-state index >= 15 is 0 Å². The largest absolute Gasteiger partial charge is 0.481 e. The number of pyridine rings is 1. The lowest BCUT2D eigenvalue weighted by atomic mass is 9.87. The van der Waals surface area contributed by atoms with Crippen LogP contribution in [0.5, 0.6) is 5.88 Å². The second-order valence-corrected chi connectivity index (χ2v) is 5.47. The van der Waals surface area contributed by atoms with Gasteiger partial charge in [0.05, 0.1) is 19.0 Å². The van der Waals surface area contributed by atoms with Crippen LogP contribution in [0.1, 0.15) is 19.8 Å². The zero-order chi connectivity index (χ0) is 12.5. The first-order valence-corrected chi connectivity index (χ1v) is 6.71. The maximum atomic E-state index is 5.07. The van der Waals surface area contributed by atoms with Crippen LogP contribution >= 0.6 is 0 Å². The Balaban J connectivity index is 1.63. The molecule has 1 fully saturated rings. The highest BCUT2D eigenvalue weighted by Crippen LogP contribution is 2.45. The van der Waals surface area contributed by atoms with Crippen LogP contribution < -0.4 is 10.1 Å². The van der Waals surface area contributed by atoms with Gasteiger partial charge in [0.15, 0.2) is 0 Å². The highest BCUT2D eigenvalue weighted by Gasteiger charge is 2.38. The van der Waals surface area contributed by atoms with Gasteiger partial charge in [0.25, 0.3) is 0 Å². The number of nitrogens with one attached hydrogen (secondary N) is 1. The lowest BCUT2D eigenvalue weighted by Gasteiger charge is -2.27. The molecule has 96 valence electrons. The summed E-state index contributed by atoms with van der Waals surface area (Å²) in [5.74, 6) is 3.04. The number of hydrogen-bond acceptors (Lipinski definition) is 3. The standard InChI is InChI=1S/C15H20N2O/c1-10(14-8-11-3-4-12(14)7-11)17-13-5-6-15(18-2)16-9-13/h3-6,9-12,14,17H,7-8H2,1-2H3. The Morgan fingerprint density at radius 3 is 2.78 bits per heavy atom. The Hall–Kier alpha value is -1.51. The van der Waals surface area contributed by atoms with E-state index in [4.69, 9.17) is 4.74 Å². The van der Waals surface area contributed by atoms with Crippen LogP contribution in [-0.2, 0) is 0 Å². The van der Waals surface area contributed by atoms with Crippen molar-refractivity contribution >= 4 is 5.69 Å². The smallest absolute Gasteiger partial charge is 0.213 e. The van der Waals surface area contributed by atoms with Gasteiger partial charge in [0, 0.05) is 12.1 Å². The van der Waals surface area contributed by atoms with Gasteiger partial charge in [0.1, 0.15) is 0 Å². The van der Waals surface area contributed by atoms with Crippen LogP contribution in [0.4, 0.5) is 5.69 Å². The molecule has 1 aromatic heterocycles. The SMILES string of the molecule is COc1ccc(NC(C)C2CC3C=CC2C3)cn1. The van der Waals surface area contributed by atoms with Crippen molar-refractivity contribution in [1.82, 2.24) is 4.98 Å². The summed E-state index contributed by atoms with van der Waals surface area (Å²) in [5.41, 5.74) is 1.08. The number of fused-ring (bicyclic) bond motifs is 2. The van der Waals surface area contributed by atoms with E-state index in [-0.39, 0.29) is 0 Å². The lowest BCUT2D eigenvalue weighted by Crippen LogP contribution is -2.28. The Kier molecular flexibility index (Phi) is 2.98. The highest BCUT2D eigenvalue weighted by atomic mass is 16.5. The molecule has 0 saturated heterocycles. The quantitative estimate of drug-likeness (QED) is 0.826. The minimum atomic E-state index is 0.500. The number of hydrogen-bond donors (Lipinski definition) is 1. The normalized spacial score (nSPS) is 30.4. The van der Waals surface area contributed by atoms with Gasteiger partial charge in [-0.3, -0.25) is 0 Å². The average molecular weight is 244 g/mol. The molecule has 1 N–H and O–H groups in total. The summed E-state index contributed by atoms with van der Waals surface area (Å²) in [7, 11) is 1.64. The summed E-state index contributed by atoms with van der Waals surface area (Å²) in [6.45, 7) is 2.28. The molecule has 0 aromatic carbocycles. The van der Waals surface area contributed by atoms with Crippen LogP contribution in [-0.4, -0.2) is 18.1 Å². The van der Waals surface area contributed by atoms with Gasteiger partial charge in [-0.15, -0.1) is 0 Å². The fourth-order valence-corrected chi connectivity index (χ4v) is 3.35. The van der Waals surface area contributed by atoms with E-state index in [1.165, 1.54) is 12.8 Å². The van der Waals surface area contributed by atoms with Gasteiger partial charge >= 0.3 is 0 Å². The number of anilines is 1. The second-order valence-electron chi connectivity index (χ2n) is 5.47. The highest BCUT2D eigenvalue weighted by molar-refractivity contribution is 5.43. The fourth-order valence-electron chi connectivity index (χ4n) is 3.35. The summed E-state index contributed by atoms with van der Waals surface area (Å²) in [5, 5.41) is 3.57. The Labute approximate surface area is 108 Å². The van der Waals surface area contributed by atoms with E-state index in [1.807, 2.05) is 18.3 Å².